The Balaban J connectivity index is 3.39. The van der Waals surface area contributed by atoms with Gasteiger partial charge in [0.2, 0.25) is 5.91 Å². The van der Waals surface area contributed by atoms with Crippen LogP contribution in [0.1, 0.15) is 20.3 Å². The van der Waals surface area contributed by atoms with E-state index in [0.29, 0.717) is 6.54 Å². The summed E-state index contributed by atoms with van der Waals surface area (Å²) in [5.74, 6) is 1.90. The minimum atomic E-state index is -0.410. The van der Waals surface area contributed by atoms with Gasteiger partial charge < -0.3 is 16.2 Å². The summed E-state index contributed by atoms with van der Waals surface area (Å²) >= 11 is 1.72. The Kier molecular flexibility index (Phi) is 8.85. The molecule has 0 rings (SSSR count). The van der Waals surface area contributed by atoms with Crippen LogP contribution in [0.5, 0.6) is 0 Å². The molecule has 0 bridgehead atoms. The normalized spacial score (nSPS) is 12.9. The highest BCUT2D eigenvalue weighted by Crippen LogP contribution is 2.01. The zero-order valence-electron chi connectivity index (χ0n) is 9.53. The highest BCUT2D eigenvalue weighted by Gasteiger charge is 2.15. The molecule has 1 amide bonds. The van der Waals surface area contributed by atoms with Crippen LogP contribution in [0.2, 0.25) is 0 Å². The molecule has 4 nitrogen and oxygen atoms in total. The number of rotatable bonds is 8. The fourth-order valence-corrected chi connectivity index (χ4v) is 1.72. The van der Waals surface area contributed by atoms with E-state index in [1.807, 2.05) is 13.8 Å². The van der Waals surface area contributed by atoms with Crippen molar-refractivity contribution in [3.63, 3.8) is 0 Å². The molecule has 0 aromatic rings. The lowest BCUT2D eigenvalue weighted by Gasteiger charge is -2.14. The predicted molar refractivity (Wildman–Crippen MR) is 64.9 cm³/mol. The van der Waals surface area contributed by atoms with Crippen molar-refractivity contribution >= 4 is 17.7 Å². The van der Waals surface area contributed by atoms with Gasteiger partial charge in [-0.15, -0.1) is 0 Å². The van der Waals surface area contributed by atoms with Crippen molar-refractivity contribution in [2.45, 2.75) is 26.3 Å². The van der Waals surface area contributed by atoms with E-state index in [1.165, 1.54) is 0 Å². The Labute approximate surface area is 96.0 Å². The molecule has 4 N–H and O–H groups in total. The summed E-state index contributed by atoms with van der Waals surface area (Å²) in [5, 5.41) is 11.3. The third kappa shape index (κ3) is 7.64. The first kappa shape index (κ1) is 14.7. The number of nitrogens with two attached hydrogens (primary N) is 1. The molecule has 0 heterocycles. The van der Waals surface area contributed by atoms with Crippen molar-refractivity contribution in [2.75, 3.05) is 24.7 Å². The molecule has 5 heteroatoms. The number of nitrogens with one attached hydrogen (secondary N) is 1. The second-order valence-corrected chi connectivity index (χ2v) is 4.98. The van der Waals surface area contributed by atoms with Gasteiger partial charge in [0.15, 0.2) is 0 Å². The zero-order chi connectivity index (χ0) is 11.7. The largest absolute Gasteiger partial charge is 0.396 e. The minimum Gasteiger partial charge on any atom is -0.396 e. The Morgan fingerprint density at radius 1 is 1.47 bits per heavy atom. The third-order valence-corrected chi connectivity index (χ3v) is 3.08. The van der Waals surface area contributed by atoms with Crippen molar-refractivity contribution < 1.29 is 9.90 Å². The van der Waals surface area contributed by atoms with Crippen LogP contribution in [-0.2, 0) is 4.79 Å². The number of hydrogen-bond donors (Lipinski definition) is 3. The average Bonchev–Trinajstić information content (AvgIpc) is 2.21. The van der Waals surface area contributed by atoms with E-state index >= 15 is 0 Å². The third-order valence-electron chi connectivity index (χ3n) is 2.01. The molecule has 15 heavy (non-hydrogen) atoms. The van der Waals surface area contributed by atoms with Crippen LogP contribution in [-0.4, -0.2) is 41.7 Å². The van der Waals surface area contributed by atoms with Crippen LogP contribution in [0.25, 0.3) is 0 Å². The smallest absolute Gasteiger partial charge is 0.237 e. The van der Waals surface area contributed by atoms with E-state index in [1.54, 1.807) is 11.8 Å². The lowest BCUT2D eigenvalue weighted by molar-refractivity contribution is -0.123. The number of carbonyl (C=O) groups excluding carboxylic acids is 1. The van der Waals surface area contributed by atoms with Crippen LogP contribution in [0.15, 0.2) is 0 Å². The van der Waals surface area contributed by atoms with Crippen molar-refractivity contribution in [3.05, 3.63) is 0 Å². The molecule has 0 fully saturated rings. The van der Waals surface area contributed by atoms with Crippen molar-refractivity contribution in [3.8, 4) is 0 Å². The number of thioether (sulfide) groups is 1. The molecule has 0 aromatic carbocycles. The fourth-order valence-electron chi connectivity index (χ4n) is 0.936. The van der Waals surface area contributed by atoms with Crippen LogP contribution in [0.3, 0.4) is 0 Å². The maximum absolute atomic E-state index is 11.4. The minimum absolute atomic E-state index is 0.0761. The number of carbonyl (C=O) groups is 1. The molecule has 0 aromatic heterocycles. The molecule has 0 saturated heterocycles. The van der Waals surface area contributed by atoms with Gasteiger partial charge in [-0.1, -0.05) is 13.8 Å². The maximum atomic E-state index is 11.4. The van der Waals surface area contributed by atoms with Gasteiger partial charge in [-0.3, -0.25) is 4.79 Å². The molecule has 0 spiro atoms. The van der Waals surface area contributed by atoms with Crippen LogP contribution < -0.4 is 11.1 Å². The summed E-state index contributed by atoms with van der Waals surface area (Å²) in [6, 6.07) is -0.410. The van der Waals surface area contributed by atoms with Gasteiger partial charge in [0.25, 0.3) is 0 Å². The molecular formula is C10H22N2O2S. The van der Waals surface area contributed by atoms with Gasteiger partial charge in [0, 0.05) is 18.9 Å². The van der Waals surface area contributed by atoms with E-state index in [0.717, 1.165) is 17.9 Å². The molecule has 0 aliphatic heterocycles. The number of aliphatic hydroxyl groups is 1. The van der Waals surface area contributed by atoms with Gasteiger partial charge in [0.1, 0.15) is 0 Å². The Morgan fingerprint density at radius 2 is 2.13 bits per heavy atom. The predicted octanol–water partition coefficient (Wildman–Crippen LogP) is 0.202. The standard InChI is InChI=1S/C10H22N2O2S/c1-8(2)9(11)10(14)12-4-7-15-6-3-5-13/h8-9,13H,3-7,11H2,1-2H3,(H,12,14)/t9-/m1/s1. The lowest BCUT2D eigenvalue weighted by atomic mass is 10.1. The van der Waals surface area contributed by atoms with Crippen LogP contribution in [0.4, 0.5) is 0 Å². The molecule has 0 saturated carbocycles. The Hall–Kier alpha value is -0.260. The van der Waals surface area contributed by atoms with E-state index in [-0.39, 0.29) is 18.4 Å². The lowest BCUT2D eigenvalue weighted by Crippen LogP contribution is -2.44. The molecule has 0 aliphatic rings. The van der Waals surface area contributed by atoms with Crippen molar-refractivity contribution in [2.24, 2.45) is 11.7 Å². The highest BCUT2D eigenvalue weighted by molar-refractivity contribution is 7.99. The van der Waals surface area contributed by atoms with Crippen LogP contribution >= 0.6 is 11.8 Å². The second-order valence-electron chi connectivity index (χ2n) is 3.75. The molecule has 0 radical (unpaired) electrons. The number of amides is 1. The van der Waals surface area contributed by atoms with Crippen molar-refractivity contribution in [1.82, 2.24) is 5.32 Å². The average molecular weight is 234 g/mol. The SMILES string of the molecule is CC(C)[C@@H](N)C(=O)NCCSCCCO. The topological polar surface area (TPSA) is 75.4 Å². The highest BCUT2D eigenvalue weighted by atomic mass is 32.2. The molecule has 0 aliphatic carbocycles. The van der Waals surface area contributed by atoms with Gasteiger partial charge in [-0.05, 0) is 18.1 Å². The van der Waals surface area contributed by atoms with E-state index in [2.05, 4.69) is 5.32 Å². The van der Waals surface area contributed by atoms with E-state index < -0.39 is 6.04 Å². The zero-order valence-corrected chi connectivity index (χ0v) is 10.3. The summed E-state index contributed by atoms with van der Waals surface area (Å²) in [5.41, 5.74) is 5.67. The fraction of sp³-hybridized carbons (Fsp3) is 0.900. The summed E-state index contributed by atoms with van der Waals surface area (Å²) < 4.78 is 0. The summed E-state index contributed by atoms with van der Waals surface area (Å²) in [6.07, 6.45) is 0.810. The first-order valence-corrected chi connectivity index (χ1v) is 6.47. The number of aliphatic hydroxyl groups excluding tert-OH is 1. The Morgan fingerprint density at radius 3 is 2.67 bits per heavy atom. The molecule has 90 valence electrons. The van der Waals surface area contributed by atoms with Gasteiger partial charge in [0.05, 0.1) is 6.04 Å². The van der Waals surface area contributed by atoms with E-state index in [9.17, 15) is 4.79 Å². The molecular weight excluding hydrogens is 212 g/mol. The number of hydrogen-bond acceptors (Lipinski definition) is 4. The van der Waals surface area contributed by atoms with E-state index in [4.69, 9.17) is 10.8 Å². The second kappa shape index (κ2) is 9.00. The quantitative estimate of drug-likeness (QED) is 0.525. The van der Waals surface area contributed by atoms with Gasteiger partial charge >= 0.3 is 0 Å². The first-order valence-electron chi connectivity index (χ1n) is 5.31. The first-order chi connectivity index (χ1) is 7.09. The summed E-state index contributed by atoms with van der Waals surface area (Å²) in [6.45, 7) is 4.74. The molecule has 1 atom stereocenters. The Bertz CT molecular complexity index is 177. The maximum Gasteiger partial charge on any atom is 0.237 e. The van der Waals surface area contributed by atoms with Gasteiger partial charge in [-0.2, -0.15) is 11.8 Å². The van der Waals surface area contributed by atoms with Crippen LogP contribution in [0, 0.1) is 5.92 Å². The summed E-state index contributed by atoms with van der Waals surface area (Å²) in [7, 11) is 0. The monoisotopic (exact) mass is 234 g/mol. The summed E-state index contributed by atoms with van der Waals surface area (Å²) in [4.78, 5) is 11.4. The molecule has 0 unspecified atom stereocenters. The van der Waals surface area contributed by atoms with Gasteiger partial charge in [-0.25, -0.2) is 0 Å². The van der Waals surface area contributed by atoms with Crippen molar-refractivity contribution in [1.29, 1.82) is 0 Å².